The van der Waals surface area contributed by atoms with Crippen molar-refractivity contribution in [1.82, 2.24) is 9.80 Å². The zero-order chi connectivity index (χ0) is 19.7. The predicted octanol–water partition coefficient (Wildman–Crippen LogP) is 4.12. The van der Waals surface area contributed by atoms with Crippen molar-refractivity contribution in [2.45, 2.75) is 13.0 Å². The van der Waals surface area contributed by atoms with Gasteiger partial charge in [-0.3, -0.25) is 4.79 Å². The second-order valence-corrected chi connectivity index (χ2v) is 7.27. The third-order valence-electron chi connectivity index (χ3n) is 4.91. The number of para-hydroxylation sites is 1. The molecule has 7 heteroatoms. The maximum atomic E-state index is 13.1. The minimum atomic E-state index is -0.289. The van der Waals surface area contributed by atoms with Crippen LogP contribution in [0.15, 0.2) is 59.0 Å². The first-order chi connectivity index (χ1) is 13.5. The highest BCUT2D eigenvalue weighted by atomic mass is 32.1. The van der Waals surface area contributed by atoms with Crippen molar-refractivity contribution < 1.29 is 13.6 Å². The molecule has 1 saturated heterocycles. The number of rotatable bonds is 2. The number of thiocarbonyl (C=S) groups is 1. The van der Waals surface area contributed by atoms with Crippen molar-refractivity contribution in [2.24, 2.45) is 0 Å². The molecule has 28 heavy (non-hydrogen) atoms. The van der Waals surface area contributed by atoms with Gasteiger partial charge in [0.15, 0.2) is 10.9 Å². The number of anilines is 1. The van der Waals surface area contributed by atoms with Gasteiger partial charge in [0.05, 0.1) is 0 Å². The SMILES string of the molecule is CC1CN(C(=O)c2cc3ccccc3o2)CCN1C(=S)Nc1ccc(F)cc1. The smallest absolute Gasteiger partial charge is 0.289 e. The molecule has 0 aliphatic carbocycles. The standard InChI is InChI=1S/C21H20FN3O2S/c1-14-13-24(20(26)19-12-15-4-2-3-5-18(15)27-19)10-11-25(14)21(28)23-17-8-6-16(22)7-9-17/h2-9,12,14H,10-11,13H2,1H3,(H,23,28). The molecule has 2 aromatic carbocycles. The van der Waals surface area contributed by atoms with Crippen molar-refractivity contribution in [3.63, 3.8) is 0 Å². The number of amides is 1. The fraction of sp³-hybridized carbons (Fsp3) is 0.238. The Hall–Kier alpha value is -2.93. The number of hydrogen-bond acceptors (Lipinski definition) is 3. The normalized spacial score (nSPS) is 17.0. The van der Waals surface area contributed by atoms with Gasteiger partial charge in [-0.2, -0.15) is 0 Å². The van der Waals surface area contributed by atoms with E-state index < -0.39 is 0 Å². The van der Waals surface area contributed by atoms with Crippen LogP contribution in [0.4, 0.5) is 10.1 Å². The van der Waals surface area contributed by atoms with Gasteiger partial charge in [0.1, 0.15) is 11.4 Å². The maximum absolute atomic E-state index is 13.1. The molecule has 1 amide bonds. The first kappa shape index (κ1) is 18.4. The third kappa shape index (κ3) is 3.71. The fourth-order valence-corrected chi connectivity index (χ4v) is 3.80. The molecule has 3 aromatic rings. The number of carbonyl (C=O) groups excluding carboxylic acids is 1. The molecule has 1 aromatic heterocycles. The lowest BCUT2D eigenvalue weighted by Crippen LogP contribution is -2.56. The zero-order valence-corrected chi connectivity index (χ0v) is 16.2. The van der Waals surface area contributed by atoms with Gasteiger partial charge in [-0.15, -0.1) is 0 Å². The zero-order valence-electron chi connectivity index (χ0n) is 15.4. The molecule has 0 bridgehead atoms. The number of hydrogen-bond donors (Lipinski definition) is 1. The van der Waals surface area contributed by atoms with Gasteiger partial charge < -0.3 is 19.5 Å². The Balaban J connectivity index is 1.40. The predicted molar refractivity (Wildman–Crippen MR) is 111 cm³/mol. The van der Waals surface area contributed by atoms with Crippen LogP contribution in [0.1, 0.15) is 17.5 Å². The summed E-state index contributed by atoms with van der Waals surface area (Å²) in [6.07, 6.45) is 0. The molecule has 144 valence electrons. The number of nitrogens with one attached hydrogen (secondary N) is 1. The summed E-state index contributed by atoms with van der Waals surface area (Å²) < 4.78 is 18.8. The van der Waals surface area contributed by atoms with Crippen LogP contribution in [-0.4, -0.2) is 46.5 Å². The molecular formula is C21H20FN3O2S. The third-order valence-corrected chi connectivity index (χ3v) is 5.24. The molecule has 0 saturated carbocycles. The van der Waals surface area contributed by atoms with E-state index in [1.165, 1.54) is 12.1 Å². The molecule has 0 radical (unpaired) electrons. The van der Waals surface area contributed by atoms with E-state index in [4.69, 9.17) is 16.6 Å². The van der Waals surface area contributed by atoms with Gasteiger partial charge >= 0.3 is 0 Å². The highest BCUT2D eigenvalue weighted by molar-refractivity contribution is 7.80. The van der Waals surface area contributed by atoms with Crippen molar-refractivity contribution >= 4 is 39.9 Å². The van der Waals surface area contributed by atoms with Gasteiger partial charge in [-0.25, -0.2) is 4.39 Å². The molecule has 1 aliphatic heterocycles. The van der Waals surface area contributed by atoms with Gasteiger partial charge in [-0.1, -0.05) is 18.2 Å². The average molecular weight is 397 g/mol. The van der Waals surface area contributed by atoms with Crippen LogP contribution < -0.4 is 5.32 Å². The van der Waals surface area contributed by atoms with Crippen molar-refractivity contribution in [2.75, 3.05) is 25.0 Å². The van der Waals surface area contributed by atoms with E-state index in [9.17, 15) is 9.18 Å². The molecule has 1 atom stereocenters. The van der Waals surface area contributed by atoms with Gasteiger partial charge in [-0.05, 0) is 55.5 Å². The molecular weight excluding hydrogens is 377 g/mol. The second-order valence-electron chi connectivity index (χ2n) is 6.88. The number of piperazine rings is 1. The molecule has 4 rings (SSSR count). The van der Waals surface area contributed by atoms with Gasteiger partial charge in [0, 0.05) is 36.7 Å². The van der Waals surface area contributed by atoms with E-state index in [0.29, 0.717) is 36.1 Å². The monoisotopic (exact) mass is 397 g/mol. The Kier molecular flexibility index (Phi) is 5.00. The lowest BCUT2D eigenvalue weighted by molar-refractivity contribution is 0.0603. The topological polar surface area (TPSA) is 48.7 Å². The Labute approximate surface area is 167 Å². The van der Waals surface area contributed by atoms with Crippen LogP contribution in [0.2, 0.25) is 0 Å². The lowest BCUT2D eigenvalue weighted by Gasteiger charge is -2.41. The number of fused-ring (bicyclic) bond motifs is 1. The highest BCUT2D eigenvalue weighted by Gasteiger charge is 2.30. The first-order valence-electron chi connectivity index (χ1n) is 9.12. The summed E-state index contributed by atoms with van der Waals surface area (Å²) in [6, 6.07) is 15.5. The summed E-state index contributed by atoms with van der Waals surface area (Å²) >= 11 is 5.51. The van der Waals surface area contributed by atoms with E-state index >= 15 is 0 Å². The van der Waals surface area contributed by atoms with Crippen LogP contribution in [0, 0.1) is 5.82 Å². The number of carbonyl (C=O) groups is 1. The molecule has 1 N–H and O–H groups in total. The van der Waals surface area contributed by atoms with Crippen LogP contribution in [0.25, 0.3) is 11.0 Å². The summed E-state index contributed by atoms with van der Waals surface area (Å²) in [5, 5.41) is 4.61. The minimum Gasteiger partial charge on any atom is -0.451 e. The number of halogens is 1. The second kappa shape index (κ2) is 7.59. The Bertz CT molecular complexity index is 985. The van der Waals surface area contributed by atoms with Crippen molar-refractivity contribution in [3.8, 4) is 0 Å². The largest absolute Gasteiger partial charge is 0.451 e. The summed E-state index contributed by atoms with van der Waals surface area (Å²) in [5.41, 5.74) is 1.45. The average Bonchev–Trinajstić information content (AvgIpc) is 3.13. The van der Waals surface area contributed by atoms with Crippen molar-refractivity contribution in [1.29, 1.82) is 0 Å². The van der Waals surface area contributed by atoms with Crippen LogP contribution in [0.3, 0.4) is 0 Å². The quantitative estimate of drug-likeness (QED) is 0.660. The molecule has 2 heterocycles. The van der Waals surface area contributed by atoms with E-state index in [1.54, 1.807) is 23.1 Å². The first-order valence-corrected chi connectivity index (χ1v) is 9.53. The van der Waals surface area contributed by atoms with Crippen molar-refractivity contribution in [3.05, 3.63) is 66.2 Å². The Morgan fingerprint density at radius 1 is 1.18 bits per heavy atom. The van der Waals surface area contributed by atoms with Crippen LogP contribution in [0.5, 0.6) is 0 Å². The van der Waals surface area contributed by atoms with Gasteiger partial charge in [0.2, 0.25) is 0 Å². The number of benzene rings is 2. The van der Waals surface area contributed by atoms with Crippen LogP contribution >= 0.6 is 12.2 Å². The molecule has 1 fully saturated rings. The summed E-state index contributed by atoms with van der Waals surface area (Å²) in [6.45, 7) is 3.73. The van der Waals surface area contributed by atoms with Gasteiger partial charge in [0.25, 0.3) is 5.91 Å². The Morgan fingerprint density at radius 3 is 2.64 bits per heavy atom. The molecule has 1 aliphatic rings. The number of furan rings is 1. The molecule has 1 unspecified atom stereocenters. The Morgan fingerprint density at radius 2 is 1.93 bits per heavy atom. The van der Waals surface area contributed by atoms with E-state index in [0.717, 1.165) is 11.1 Å². The molecule has 0 spiro atoms. The minimum absolute atomic E-state index is 0.0440. The maximum Gasteiger partial charge on any atom is 0.289 e. The fourth-order valence-electron chi connectivity index (χ4n) is 3.42. The summed E-state index contributed by atoms with van der Waals surface area (Å²) in [7, 11) is 0. The lowest BCUT2D eigenvalue weighted by atomic mass is 10.2. The summed E-state index contributed by atoms with van der Waals surface area (Å²) in [5.74, 6) is -0.0449. The van der Waals surface area contributed by atoms with Crippen LogP contribution in [-0.2, 0) is 0 Å². The van der Waals surface area contributed by atoms with E-state index in [-0.39, 0.29) is 17.8 Å². The molecule has 5 nitrogen and oxygen atoms in total. The van der Waals surface area contributed by atoms with E-state index in [1.807, 2.05) is 36.1 Å². The summed E-state index contributed by atoms with van der Waals surface area (Å²) in [4.78, 5) is 16.7. The number of nitrogens with zero attached hydrogens (tertiary/aromatic N) is 2. The highest BCUT2D eigenvalue weighted by Crippen LogP contribution is 2.22. The van der Waals surface area contributed by atoms with E-state index in [2.05, 4.69) is 5.32 Å².